The molecule has 1 rings (SSSR count). The van der Waals surface area contributed by atoms with Crippen molar-refractivity contribution < 1.29 is 4.39 Å². The average Bonchev–Trinajstić information content (AvgIpc) is 1.88. The standard InChI is InChI=1S/C9H10F/c1-3-8-4-5-9(10)6-7(8)2/h4,6H,3H2,1-2H3. The molecule has 1 aromatic rings. The van der Waals surface area contributed by atoms with Crippen molar-refractivity contribution >= 4 is 0 Å². The Morgan fingerprint density at radius 2 is 2.30 bits per heavy atom. The van der Waals surface area contributed by atoms with Crippen LogP contribution < -0.4 is 0 Å². The Hall–Kier alpha value is -0.850. The maximum Gasteiger partial charge on any atom is 0.131 e. The number of rotatable bonds is 1. The van der Waals surface area contributed by atoms with Crippen LogP contribution in [0.5, 0.6) is 0 Å². The zero-order valence-electron chi connectivity index (χ0n) is 6.24. The van der Waals surface area contributed by atoms with Crippen LogP contribution in [-0.4, -0.2) is 0 Å². The average molecular weight is 137 g/mol. The van der Waals surface area contributed by atoms with Crippen LogP contribution in [0.15, 0.2) is 12.1 Å². The lowest BCUT2D eigenvalue weighted by Crippen LogP contribution is -1.86. The molecule has 0 bridgehead atoms. The Labute approximate surface area is 60.7 Å². The third kappa shape index (κ3) is 1.35. The van der Waals surface area contributed by atoms with Gasteiger partial charge in [0.25, 0.3) is 0 Å². The van der Waals surface area contributed by atoms with Crippen LogP contribution in [0.4, 0.5) is 4.39 Å². The van der Waals surface area contributed by atoms with Gasteiger partial charge in [-0.1, -0.05) is 6.92 Å². The molecule has 1 radical (unpaired) electrons. The zero-order chi connectivity index (χ0) is 7.56. The zero-order valence-corrected chi connectivity index (χ0v) is 6.24. The van der Waals surface area contributed by atoms with Crippen molar-refractivity contribution in [1.29, 1.82) is 0 Å². The SMILES string of the molecule is CCc1c[c]c(F)cc1C. The molecule has 0 saturated heterocycles. The lowest BCUT2D eigenvalue weighted by molar-refractivity contribution is 0.623. The number of hydrogen-bond acceptors (Lipinski definition) is 0. The van der Waals surface area contributed by atoms with Crippen molar-refractivity contribution in [3.05, 3.63) is 35.1 Å². The van der Waals surface area contributed by atoms with Gasteiger partial charge in [0.2, 0.25) is 0 Å². The summed E-state index contributed by atoms with van der Waals surface area (Å²) in [6.07, 6.45) is 0.947. The minimum atomic E-state index is -0.269. The molecule has 1 aromatic carbocycles. The second-order valence-electron chi connectivity index (χ2n) is 2.34. The molecule has 0 aliphatic rings. The molecule has 0 aliphatic carbocycles. The van der Waals surface area contributed by atoms with Gasteiger partial charge >= 0.3 is 0 Å². The van der Waals surface area contributed by atoms with E-state index in [-0.39, 0.29) is 5.82 Å². The summed E-state index contributed by atoms with van der Waals surface area (Å²) >= 11 is 0. The third-order valence-corrected chi connectivity index (χ3v) is 1.61. The maximum atomic E-state index is 12.4. The predicted molar refractivity (Wildman–Crippen MR) is 39.4 cm³/mol. The lowest BCUT2D eigenvalue weighted by Gasteiger charge is -1.99. The van der Waals surface area contributed by atoms with Gasteiger partial charge in [0, 0.05) is 6.07 Å². The highest BCUT2D eigenvalue weighted by Crippen LogP contribution is 2.09. The summed E-state index contributed by atoms with van der Waals surface area (Å²) in [5.74, 6) is -0.269. The van der Waals surface area contributed by atoms with Crippen LogP contribution in [0.25, 0.3) is 0 Å². The molecule has 0 amide bonds. The molecular formula is C9H10F. The van der Waals surface area contributed by atoms with Crippen LogP contribution in [-0.2, 0) is 6.42 Å². The summed E-state index contributed by atoms with van der Waals surface area (Å²) < 4.78 is 12.4. The Morgan fingerprint density at radius 1 is 1.60 bits per heavy atom. The van der Waals surface area contributed by atoms with Gasteiger partial charge in [-0.15, -0.1) is 0 Å². The van der Waals surface area contributed by atoms with E-state index in [1.54, 1.807) is 6.07 Å². The molecule has 0 nitrogen and oxygen atoms in total. The molecule has 10 heavy (non-hydrogen) atoms. The summed E-state index contributed by atoms with van der Waals surface area (Å²) in [5, 5.41) is 0. The van der Waals surface area contributed by atoms with Gasteiger partial charge in [-0.05, 0) is 36.6 Å². The molecule has 53 valence electrons. The summed E-state index contributed by atoms with van der Waals surface area (Å²) in [4.78, 5) is 0. The molecule has 0 heterocycles. The van der Waals surface area contributed by atoms with Crippen molar-refractivity contribution in [1.82, 2.24) is 0 Å². The van der Waals surface area contributed by atoms with E-state index in [0.717, 1.165) is 12.0 Å². The van der Waals surface area contributed by atoms with Crippen LogP contribution in [0.2, 0.25) is 0 Å². The molecule has 0 spiro atoms. The Morgan fingerprint density at radius 3 is 2.80 bits per heavy atom. The van der Waals surface area contributed by atoms with Crippen molar-refractivity contribution in [2.75, 3.05) is 0 Å². The van der Waals surface area contributed by atoms with Gasteiger partial charge in [0.15, 0.2) is 0 Å². The highest BCUT2D eigenvalue weighted by molar-refractivity contribution is 5.25. The van der Waals surface area contributed by atoms with Gasteiger partial charge in [-0.2, -0.15) is 0 Å². The summed E-state index contributed by atoms with van der Waals surface area (Å²) in [6, 6.07) is 5.75. The molecule has 0 fully saturated rings. The molecular weight excluding hydrogens is 127 g/mol. The van der Waals surface area contributed by atoms with Crippen molar-refractivity contribution in [2.24, 2.45) is 0 Å². The first-order chi connectivity index (χ1) is 4.74. The molecule has 0 N–H and O–H groups in total. The smallest absolute Gasteiger partial charge is 0.131 e. The molecule has 0 saturated carbocycles. The van der Waals surface area contributed by atoms with Gasteiger partial charge in [-0.25, -0.2) is 4.39 Å². The Kier molecular flexibility index (Phi) is 2.05. The van der Waals surface area contributed by atoms with Gasteiger partial charge < -0.3 is 0 Å². The quantitative estimate of drug-likeness (QED) is 0.558. The van der Waals surface area contributed by atoms with E-state index in [0.29, 0.717) is 0 Å². The van der Waals surface area contributed by atoms with Crippen LogP contribution >= 0.6 is 0 Å². The van der Waals surface area contributed by atoms with E-state index in [2.05, 4.69) is 6.07 Å². The van der Waals surface area contributed by atoms with Crippen LogP contribution in [0, 0.1) is 18.8 Å². The molecule has 0 aromatic heterocycles. The van der Waals surface area contributed by atoms with Gasteiger partial charge in [-0.3, -0.25) is 0 Å². The first kappa shape index (κ1) is 7.26. The second-order valence-corrected chi connectivity index (χ2v) is 2.34. The van der Waals surface area contributed by atoms with Crippen LogP contribution in [0.3, 0.4) is 0 Å². The van der Waals surface area contributed by atoms with E-state index in [4.69, 9.17) is 0 Å². The van der Waals surface area contributed by atoms with Gasteiger partial charge in [0.1, 0.15) is 5.82 Å². The highest BCUT2D eigenvalue weighted by Gasteiger charge is 1.96. The normalized spacial score (nSPS) is 9.90. The van der Waals surface area contributed by atoms with Crippen molar-refractivity contribution in [3.63, 3.8) is 0 Å². The Balaban J connectivity index is 3.07. The fourth-order valence-corrected chi connectivity index (χ4v) is 0.975. The number of hydrogen-bond donors (Lipinski definition) is 0. The first-order valence-corrected chi connectivity index (χ1v) is 3.40. The lowest BCUT2D eigenvalue weighted by atomic mass is 10.1. The summed E-state index contributed by atoms with van der Waals surface area (Å²) in [7, 11) is 0. The number of halogens is 1. The molecule has 1 heteroatoms. The monoisotopic (exact) mass is 137 g/mol. The minimum Gasteiger partial charge on any atom is -0.206 e. The summed E-state index contributed by atoms with van der Waals surface area (Å²) in [6.45, 7) is 3.96. The summed E-state index contributed by atoms with van der Waals surface area (Å²) in [5.41, 5.74) is 2.18. The van der Waals surface area contributed by atoms with E-state index in [9.17, 15) is 4.39 Å². The fourth-order valence-electron chi connectivity index (χ4n) is 0.975. The predicted octanol–water partition coefficient (Wildman–Crippen LogP) is 2.50. The van der Waals surface area contributed by atoms with E-state index >= 15 is 0 Å². The maximum absolute atomic E-state index is 12.4. The van der Waals surface area contributed by atoms with E-state index in [1.807, 2.05) is 13.8 Å². The molecule has 0 unspecified atom stereocenters. The van der Waals surface area contributed by atoms with E-state index in [1.165, 1.54) is 11.6 Å². The van der Waals surface area contributed by atoms with E-state index < -0.39 is 0 Å². The molecule has 0 atom stereocenters. The fraction of sp³-hybridized carbons (Fsp3) is 0.333. The highest BCUT2D eigenvalue weighted by atomic mass is 19.1. The Bertz CT molecular complexity index is 228. The van der Waals surface area contributed by atoms with Crippen molar-refractivity contribution in [2.45, 2.75) is 20.3 Å². The largest absolute Gasteiger partial charge is 0.206 e. The van der Waals surface area contributed by atoms with Crippen molar-refractivity contribution in [3.8, 4) is 0 Å². The third-order valence-electron chi connectivity index (χ3n) is 1.61. The first-order valence-electron chi connectivity index (χ1n) is 3.40. The number of aryl methyl sites for hydroxylation is 2. The second kappa shape index (κ2) is 2.82. The number of benzene rings is 1. The van der Waals surface area contributed by atoms with Gasteiger partial charge in [0.05, 0.1) is 0 Å². The minimum absolute atomic E-state index is 0.269. The van der Waals surface area contributed by atoms with Crippen LogP contribution in [0.1, 0.15) is 18.1 Å². The topological polar surface area (TPSA) is 0 Å². The molecule has 0 aliphatic heterocycles.